The van der Waals surface area contributed by atoms with Crippen molar-refractivity contribution in [2.45, 2.75) is 0 Å². The first-order valence-electron chi connectivity index (χ1n) is 6.42. The summed E-state index contributed by atoms with van der Waals surface area (Å²) in [5, 5.41) is 11.3. The van der Waals surface area contributed by atoms with Crippen LogP contribution in [0, 0.1) is 0 Å². The van der Waals surface area contributed by atoms with E-state index in [2.05, 4.69) is 5.32 Å². The highest BCUT2D eigenvalue weighted by Gasteiger charge is 2.06. The SMILES string of the molecule is O=C(O)CNc1ccc(OCC(=O)c2ccccc2)cc1. The quantitative estimate of drug-likeness (QED) is 0.764. The number of Topliss-reactive ketones (excluding diaryl/α,β-unsaturated/α-hetero) is 1. The number of nitrogens with one attached hydrogen (secondary N) is 1. The average Bonchev–Trinajstić information content (AvgIpc) is 2.52. The number of rotatable bonds is 7. The van der Waals surface area contributed by atoms with Gasteiger partial charge in [-0.1, -0.05) is 30.3 Å². The zero-order valence-electron chi connectivity index (χ0n) is 11.3. The van der Waals surface area contributed by atoms with Crippen molar-refractivity contribution in [3.8, 4) is 5.75 Å². The molecule has 0 saturated carbocycles. The first kappa shape index (κ1) is 14.6. The fourth-order valence-corrected chi connectivity index (χ4v) is 1.70. The third-order valence-corrected chi connectivity index (χ3v) is 2.76. The van der Waals surface area contributed by atoms with Gasteiger partial charge in [-0.25, -0.2) is 0 Å². The van der Waals surface area contributed by atoms with Crippen LogP contribution in [0.4, 0.5) is 5.69 Å². The van der Waals surface area contributed by atoms with Crippen LogP contribution in [-0.2, 0) is 4.79 Å². The molecule has 0 spiro atoms. The lowest BCUT2D eigenvalue weighted by Crippen LogP contribution is -2.12. The molecule has 2 rings (SSSR count). The molecule has 0 aliphatic carbocycles. The van der Waals surface area contributed by atoms with Crippen LogP contribution in [0.1, 0.15) is 10.4 Å². The van der Waals surface area contributed by atoms with Crippen LogP contribution >= 0.6 is 0 Å². The number of carbonyl (C=O) groups is 2. The number of ether oxygens (including phenoxy) is 1. The van der Waals surface area contributed by atoms with Crippen molar-refractivity contribution in [3.63, 3.8) is 0 Å². The summed E-state index contributed by atoms with van der Waals surface area (Å²) in [4.78, 5) is 22.3. The van der Waals surface area contributed by atoms with Crippen molar-refractivity contribution in [2.75, 3.05) is 18.5 Å². The second kappa shape index (κ2) is 7.09. The molecule has 5 heteroatoms. The minimum atomic E-state index is -0.927. The number of ketones is 1. The molecule has 2 aromatic rings. The van der Waals surface area contributed by atoms with E-state index in [-0.39, 0.29) is 18.9 Å². The molecular formula is C16H15NO4. The van der Waals surface area contributed by atoms with Crippen LogP contribution in [0.15, 0.2) is 54.6 Å². The summed E-state index contributed by atoms with van der Waals surface area (Å²) in [6.45, 7) is -0.182. The van der Waals surface area contributed by atoms with Gasteiger partial charge >= 0.3 is 5.97 Å². The molecule has 0 amide bonds. The third kappa shape index (κ3) is 4.65. The minimum absolute atomic E-state index is 0.0358. The van der Waals surface area contributed by atoms with Crippen LogP contribution in [0.5, 0.6) is 5.75 Å². The number of hydrogen-bond donors (Lipinski definition) is 2. The second-order valence-corrected chi connectivity index (χ2v) is 4.35. The number of anilines is 1. The molecule has 0 fully saturated rings. The number of hydrogen-bond acceptors (Lipinski definition) is 4. The first-order valence-corrected chi connectivity index (χ1v) is 6.42. The van der Waals surface area contributed by atoms with Crippen molar-refractivity contribution in [3.05, 3.63) is 60.2 Å². The number of carboxylic acids is 1. The lowest BCUT2D eigenvalue weighted by Gasteiger charge is -2.07. The van der Waals surface area contributed by atoms with Gasteiger partial charge in [0.25, 0.3) is 0 Å². The zero-order valence-corrected chi connectivity index (χ0v) is 11.3. The molecule has 0 heterocycles. The molecule has 0 saturated heterocycles. The molecule has 2 aromatic carbocycles. The Kier molecular flexibility index (Phi) is 4.93. The fraction of sp³-hybridized carbons (Fsp3) is 0.125. The molecule has 0 aliphatic rings. The summed E-state index contributed by atoms with van der Waals surface area (Å²) in [5.41, 5.74) is 1.29. The standard InChI is InChI=1S/C16H15NO4/c18-15(12-4-2-1-3-5-12)11-21-14-8-6-13(7-9-14)17-10-16(19)20/h1-9,17H,10-11H2,(H,19,20). The Bertz CT molecular complexity index is 608. The third-order valence-electron chi connectivity index (χ3n) is 2.76. The van der Waals surface area contributed by atoms with Gasteiger partial charge in [-0.15, -0.1) is 0 Å². The van der Waals surface area contributed by atoms with Gasteiger partial charge in [0.1, 0.15) is 12.3 Å². The van der Waals surface area contributed by atoms with E-state index in [1.165, 1.54) is 0 Å². The molecule has 0 radical (unpaired) electrons. The number of carboxylic acid groups (broad SMARTS) is 1. The highest BCUT2D eigenvalue weighted by atomic mass is 16.5. The van der Waals surface area contributed by atoms with E-state index in [0.29, 0.717) is 17.0 Å². The van der Waals surface area contributed by atoms with E-state index in [4.69, 9.17) is 9.84 Å². The number of aliphatic carboxylic acids is 1. The molecule has 0 atom stereocenters. The van der Waals surface area contributed by atoms with Gasteiger partial charge in [-0.2, -0.15) is 0 Å². The Balaban J connectivity index is 1.86. The van der Waals surface area contributed by atoms with Crippen LogP contribution < -0.4 is 10.1 Å². The average molecular weight is 285 g/mol. The van der Waals surface area contributed by atoms with E-state index in [1.54, 1.807) is 48.5 Å². The van der Waals surface area contributed by atoms with Crippen LogP contribution in [-0.4, -0.2) is 30.0 Å². The summed E-state index contributed by atoms with van der Waals surface area (Å²) in [7, 11) is 0. The minimum Gasteiger partial charge on any atom is -0.485 e. The molecule has 0 unspecified atom stereocenters. The lowest BCUT2D eigenvalue weighted by atomic mass is 10.1. The van der Waals surface area contributed by atoms with Gasteiger partial charge in [0.15, 0.2) is 12.4 Å². The van der Waals surface area contributed by atoms with Gasteiger partial charge in [-0.3, -0.25) is 9.59 Å². The van der Waals surface area contributed by atoms with Crippen molar-refractivity contribution in [2.24, 2.45) is 0 Å². The van der Waals surface area contributed by atoms with Crippen LogP contribution in [0.25, 0.3) is 0 Å². The smallest absolute Gasteiger partial charge is 0.322 e. The summed E-state index contributed by atoms with van der Waals surface area (Å²) < 4.78 is 5.41. The molecule has 5 nitrogen and oxygen atoms in total. The Labute approximate surface area is 122 Å². The van der Waals surface area contributed by atoms with Crippen LogP contribution in [0.2, 0.25) is 0 Å². The number of benzene rings is 2. The molecule has 0 bridgehead atoms. The Morgan fingerprint density at radius 2 is 1.67 bits per heavy atom. The van der Waals surface area contributed by atoms with Gasteiger partial charge in [0.05, 0.1) is 0 Å². The maximum Gasteiger partial charge on any atom is 0.322 e. The van der Waals surface area contributed by atoms with E-state index < -0.39 is 5.97 Å². The fourth-order valence-electron chi connectivity index (χ4n) is 1.70. The molecule has 0 aromatic heterocycles. The summed E-state index contributed by atoms with van der Waals surface area (Å²) in [5.74, 6) is -0.465. The van der Waals surface area contributed by atoms with Crippen LogP contribution in [0.3, 0.4) is 0 Å². The highest BCUT2D eigenvalue weighted by Crippen LogP contribution is 2.15. The van der Waals surface area contributed by atoms with Crippen molar-refractivity contribution in [1.82, 2.24) is 0 Å². The summed E-state index contributed by atoms with van der Waals surface area (Å²) in [6, 6.07) is 15.7. The normalized spacial score (nSPS) is 9.90. The van der Waals surface area contributed by atoms with Gasteiger partial charge < -0.3 is 15.2 Å². The van der Waals surface area contributed by atoms with E-state index in [9.17, 15) is 9.59 Å². The first-order chi connectivity index (χ1) is 10.1. The van der Waals surface area contributed by atoms with Gasteiger partial charge in [-0.05, 0) is 24.3 Å². The van der Waals surface area contributed by atoms with Crippen molar-refractivity contribution < 1.29 is 19.4 Å². The Morgan fingerprint density at radius 1 is 1.00 bits per heavy atom. The molecule has 2 N–H and O–H groups in total. The summed E-state index contributed by atoms with van der Waals surface area (Å²) in [6.07, 6.45) is 0. The van der Waals surface area contributed by atoms with E-state index in [0.717, 1.165) is 0 Å². The molecule has 108 valence electrons. The topological polar surface area (TPSA) is 75.6 Å². The number of carbonyl (C=O) groups excluding carboxylic acids is 1. The maximum absolute atomic E-state index is 11.9. The van der Waals surface area contributed by atoms with Crippen molar-refractivity contribution in [1.29, 1.82) is 0 Å². The molecule has 21 heavy (non-hydrogen) atoms. The maximum atomic E-state index is 11.9. The van der Waals surface area contributed by atoms with Gasteiger partial charge in [0.2, 0.25) is 0 Å². The Hall–Kier alpha value is -2.82. The predicted molar refractivity (Wildman–Crippen MR) is 78.8 cm³/mol. The lowest BCUT2D eigenvalue weighted by molar-refractivity contribution is -0.134. The molecular weight excluding hydrogens is 270 g/mol. The highest BCUT2D eigenvalue weighted by molar-refractivity contribution is 5.97. The monoisotopic (exact) mass is 285 g/mol. The Morgan fingerprint density at radius 3 is 2.29 bits per heavy atom. The van der Waals surface area contributed by atoms with E-state index in [1.807, 2.05) is 6.07 Å². The van der Waals surface area contributed by atoms with Gasteiger partial charge in [0, 0.05) is 11.3 Å². The predicted octanol–water partition coefficient (Wildman–Crippen LogP) is 2.44. The summed E-state index contributed by atoms with van der Waals surface area (Å²) >= 11 is 0. The zero-order chi connectivity index (χ0) is 15.1. The second-order valence-electron chi connectivity index (χ2n) is 4.35. The molecule has 0 aliphatic heterocycles. The largest absolute Gasteiger partial charge is 0.485 e. The van der Waals surface area contributed by atoms with Crippen molar-refractivity contribution >= 4 is 17.4 Å². The van der Waals surface area contributed by atoms with E-state index >= 15 is 0 Å².